The van der Waals surface area contributed by atoms with Gasteiger partial charge >= 0.3 is 0 Å². The van der Waals surface area contributed by atoms with E-state index in [1.165, 1.54) is 30.3 Å². The number of hydrogen-bond donors (Lipinski definition) is 1. The molecule has 0 unspecified atom stereocenters. The zero-order chi connectivity index (χ0) is 17.5. The van der Waals surface area contributed by atoms with Crippen LogP contribution in [0.2, 0.25) is 0 Å². The van der Waals surface area contributed by atoms with Gasteiger partial charge in [-0.1, -0.05) is 0 Å². The summed E-state index contributed by atoms with van der Waals surface area (Å²) < 4.78 is 26.9. The van der Waals surface area contributed by atoms with Gasteiger partial charge in [-0.25, -0.2) is 17.7 Å². The van der Waals surface area contributed by atoms with Gasteiger partial charge in [0, 0.05) is 50.9 Å². The van der Waals surface area contributed by atoms with Crippen LogP contribution in [0.3, 0.4) is 0 Å². The second-order valence-corrected chi connectivity index (χ2v) is 9.29. The summed E-state index contributed by atoms with van der Waals surface area (Å²) >= 11 is 1.49. The Hall–Kier alpha value is -1.49. The molecule has 24 heavy (non-hydrogen) atoms. The highest BCUT2D eigenvalue weighted by Crippen LogP contribution is 2.21. The van der Waals surface area contributed by atoms with Gasteiger partial charge in [0.2, 0.25) is 15.9 Å². The predicted molar refractivity (Wildman–Crippen MR) is 90.3 cm³/mol. The Bertz CT molecular complexity index is 813. The molecule has 2 aromatic rings. The predicted octanol–water partition coefficient (Wildman–Crippen LogP) is -0.351. The van der Waals surface area contributed by atoms with E-state index in [9.17, 15) is 18.3 Å². The molecule has 0 aromatic carbocycles. The highest BCUT2D eigenvalue weighted by Gasteiger charge is 2.37. The number of amides is 1. The molecule has 132 valence electrons. The van der Waals surface area contributed by atoms with Crippen LogP contribution in [-0.4, -0.2) is 77.1 Å². The maximum absolute atomic E-state index is 12.4. The molecule has 1 saturated heterocycles. The molecule has 2 atom stereocenters. The summed E-state index contributed by atoms with van der Waals surface area (Å²) in [5, 5.41) is 12.0. The highest BCUT2D eigenvalue weighted by molar-refractivity contribution is 7.89. The molecule has 1 aliphatic heterocycles. The zero-order valence-electron chi connectivity index (χ0n) is 13.5. The molecule has 1 amide bonds. The van der Waals surface area contributed by atoms with Crippen molar-refractivity contribution in [2.24, 2.45) is 5.92 Å². The maximum atomic E-state index is 12.4. The van der Waals surface area contributed by atoms with Gasteiger partial charge < -0.3 is 10.0 Å². The van der Waals surface area contributed by atoms with Crippen LogP contribution >= 0.6 is 11.3 Å². The molecule has 10 heteroatoms. The Balaban J connectivity index is 1.63. The van der Waals surface area contributed by atoms with E-state index in [0.717, 1.165) is 9.27 Å². The molecule has 1 fully saturated rings. The number of carbonyl (C=O) groups excluding carboxylic acids is 1. The lowest BCUT2D eigenvalue weighted by molar-refractivity contribution is -0.129. The highest BCUT2D eigenvalue weighted by atomic mass is 32.2. The Morgan fingerprint density at radius 2 is 2.21 bits per heavy atom. The van der Waals surface area contributed by atoms with E-state index in [1.807, 2.05) is 22.2 Å². The molecule has 1 aliphatic rings. The standard InChI is InChI=1S/C14H20N4O4S2/c1-16(2)24(21,22)9-10-6-18(8-12(10)19)13(20)5-11-7-17-3-4-23-14(17)15-11/h3-4,7,10,12,19H,5-6,8-9H2,1-2H3/t10-,12+/m0/s1. The SMILES string of the molecule is CN(C)S(=O)(=O)C[C@@H]1CN(C(=O)Cc2cn3ccsc3n2)C[C@H]1O. The molecule has 0 bridgehead atoms. The first-order chi connectivity index (χ1) is 11.3. The normalized spacial score (nSPS) is 21.9. The third kappa shape index (κ3) is 3.46. The van der Waals surface area contributed by atoms with Gasteiger partial charge in [0.05, 0.1) is 24.0 Å². The van der Waals surface area contributed by atoms with Crippen molar-refractivity contribution in [1.82, 2.24) is 18.6 Å². The monoisotopic (exact) mass is 372 g/mol. The minimum absolute atomic E-state index is 0.147. The lowest BCUT2D eigenvalue weighted by Gasteiger charge is -2.17. The van der Waals surface area contributed by atoms with Crippen molar-refractivity contribution in [2.45, 2.75) is 12.5 Å². The number of sulfonamides is 1. The van der Waals surface area contributed by atoms with Crippen LogP contribution in [0.5, 0.6) is 0 Å². The lowest BCUT2D eigenvalue weighted by Crippen LogP contribution is -2.34. The number of aliphatic hydroxyl groups is 1. The van der Waals surface area contributed by atoms with Crippen molar-refractivity contribution >= 4 is 32.2 Å². The smallest absolute Gasteiger partial charge is 0.228 e. The molecule has 0 aliphatic carbocycles. The van der Waals surface area contributed by atoms with Gasteiger partial charge in [-0.3, -0.25) is 9.20 Å². The second kappa shape index (κ2) is 6.43. The van der Waals surface area contributed by atoms with Crippen LogP contribution in [0, 0.1) is 5.92 Å². The quantitative estimate of drug-likeness (QED) is 0.774. The Morgan fingerprint density at radius 1 is 1.46 bits per heavy atom. The van der Waals surface area contributed by atoms with Gasteiger partial charge in [0.1, 0.15) is 0 Å². The van der Waals surface area contributed by atoms with Gasteiger partial charge in [-0.15, -0.1) is 11.3 Å². The van der Waals surface area contributed by atoms with Crippen molar-refractivity contribution in [2.75, 3.05) is 32.9 Å². The van der Waals surface area contributed by atoms with Crippen LogP contribution in [0.4, 0.5) is 0 Å². The molecule has 0 saturated carbocycles. The van der Waals surface area contributed by atoms with Crippen LogP contribution in [0.15, 0.2) is 17.8 Å². The first-order valence-electron chi connectivity index (χ1n) is 7.53. The number of hydrogen-bond acceptors (Lipinski definition) is 6. The van der Waals surface area contributed by atoms with Crippen LogP contribution in [0.25, 0.3) is 4.96 Å². The van der Waals surface area contributed by atoms with Crippen molar-refractivity contribution < 1.29 is 18.3 Å². The number of thiazole rings is 1. The van der Waals surface area contributed by atoms with Gasteiger partial charge in [-0.05, 0) is 0 Å². The number of carbonyl (C=O) groups is 1. The fraction of sp³-hybridized carbons (Fsp3) is 0.571. The van der Waals surface area contributed by atoms with Crippen LogP contribution in [0.1, 0.15) is 5.69 Å². The molecule has 8 nitrogen and oxygen atoms in total. The Labute approximate surface area is 144 Å². The van der Waals surface area contributed by atoms with E-state index < -0.39 is 22.0 Å². The maximum Gasteiger partial charge on any atom is 0.228 e. The van der Waals surface area contributed by atoms with E-state index in [2.05, 4.69) is 4.98 Å². The second-order valence-electron chi connectivity index (χ2n) is 6.19. The molecular weight excluding hydrogens is 352 g/mol. The summed E-state index contributed by atoms with van der Waals surface area (Å²) in [4.78, 5) is 19.1. The first-order valence-corrected chi connectivity index (χ1v) is 10.0. The topological polar surface area (TPSA) is 95.2 Å². The van der Waals surface area contributed by atoms with Gasteiger partial charge in [-0.2, -0.15) is 0 Å². The van der Waals surface area contributed by atoms with E-state index >= 15 is 0 Å². The number of rotatable bonds is 5. The van der Waals surface area contributed by atoms with Gasteiger partial charge in [0.15, 0.2) is 4.96 Å². The Kier molecular flexibility index (Phi) is 4.65. The van der Waals surface area contributed by atoms with Crippen LogP contribution < -0.4 is 0 Å². The summed E-state index contributed by atoms with van der Waals surface area (Å²) in [5.74, 6) is -0.776. The summed E-state index contributed by atoms with van der Waals surface area (Å²) in [6.07, 6.45) is 3.01. The average Bonchev–Trinajstić information content (AvgIpc) is 3.14. The van der Waals surface area contributed by atoms with E-state index in [1.54, 1.807) is 0 Å². The van der Waals surface area contributed by atoms with Crippen molar-refractivity contribution in [3.05, 3.63) is 23.5 Å². The number of imidazole rings is 1. The summed E-state index contributed by atoms with van der Waals surface area (Å²) in [7, 11) is -0.487. The summed E-state index contributed by atoms with van der Waals surface area (Å²) in [5.41, 5.74) is 0.672. The zero-order valence-corrected chi connectivity index (χ0v) is 15.1. The average molecular weight is 372 g/mol. The third-order valence-corrected chi connectivity index (χ3v) is 6.95. The number of β-amino-alcohol motifs (C(OH)–C–C–N with tert-alkyl or cyclic N) is 1. The van der Waals surface area contributed by atoms with E-state index in [4.69, 9.17) is 0 Å². The number of fused-ring (bicyclic) bond motifs is 1. The largest absolute Gasteiger partial charge is 0.391 e. The lowest BCUT2D eigenvalue weighted by atomic mass is 10.1. The summed E-state index contributed by atoms with van der Waals surface area (Å²) in [6.45, 7) is 0.407. The molecule has 3 rings (SSSR count). The molecule has 2 aromatic heterocycles. The molecular formula is C14H20N4O4S2. The van der Waals surface area contributed by atoms with Gasteiger partial charge in [0.25, 0.3) is 0 Å². The number of aromatic nitrogens is 2. The molecule has 0 radical (unpaired) electrons. The fourth-order valence-corrected chi connectivity index (χ4v) is 4.65. The Morgan fingerprint density at radius 3 is 2.88 bits per heavy atom. The first kappa shape index (κ1) is 17.3. The number of nitrogens with zero attached hydrogens (tertiary/aromatic N) is 4. The molecule has 1 N–H and O–H groups in total. The number of aliphatic hydroxyl groups excluding tert-OH is 1. The van der Waals surface area contributed by atoms with Crippen LogP contribution in [-0.2, 0) is 21.2 Å². The minimum Gasteiger partial charge on any atom is -0.391 e. The van der Waals surface area contributed by atoms with E-state index in [0.29, 0.717) is 5.69 Å². The summed E-state index contributed by atoms with van der Waals surface area (Å²) in [6, 6.07) is 0. The number of likely N-dealkylation sites (tertiary alicyclic amines) is 1. The van der Waals surface area contributed by atoms with Crippen molar-refractivity contribution in [3.63, 3.8) is 0 Å². The minimum atomic E-state index is -3.41. The molecule has 0 spiro atoms. The third-order valence-electron chi connectivity index (χ3n) is 4.22. The van der Waals surface area contributed by atoms with Crippen molar-refractivity contribution in [3.8, 4) is 0 Å². The van der Waals surface area contributed by atoms with E-state index in [-0.39, 0.29) is 31.2 Å². The fourth-order valence-electron chi connectivity index (χ4n) is 2.77. The molecule has 3 heterocycles. The van der Waals surface area contributed by atoms with Crippen molar-refractivity contribution in [1.29, 1.82) is 0 Å².